The fourth-order valence-electron chi connectivity index (χ4n) is 3.65. The summed E-state index contributed by atoms with van der Waals surface area (Å²) in [5.41, 5.74) is 2.25. The Hall–Kier alpha value is -3.30. The van der Waals surface area contributed by atoms with Gasteiger partial charge in [-0.1, -0.05) is 42.1 Å². The molecule has 6 nitrogen and oxygen atoms in total. The minimum absolute atomic E-state index is 0.0335. The van der Waals surface area contributed by atoms with Crippen molar-refractivity contribution in [3.05, 3.63) is 87.9 Å². The zero-order chi connectivity index (χ0) is 22.8. The third kappa shape index (κ3) is 4.60. The Kier molecular flexibility index (Phi) is 6.06. The first-order chi connectivity index (χ1) is 16.1. The molecule has 9 heteroatoms. The van der Waals surface area contributed by atoms with Gasteiger partial charge in [-0.3, -0.25) is 14.6 Å². The van der Waals surface area contributed by atoms with Crippen molar-refractivity contribution < 1.29 is 14.0 Å². The lowest BCUT2D eigenvalue weighted by atomic mass is 10.1. The van der Waals surface area contributed by atoms with Gasteiger partial charge >= 0.3 is 0 Å². The number of amidine groups is 2. The maximum atomic E-state index is 13.6. The normalized spacial score (nSPS) is 16.7. The third-order valence-electron chi connectivity index (χ3n) is 5.22. The van der Waals surface area contributed by atoms with E-state index in [9.17, 15) is 14.0 Å². The molecule has 0 saturated heterocycles. The van der Waals surface area contributed by atoms with Gasteiger partial charge in [0.2, 0.25) is 5.91 Å². The van der Waals surface area contributed by atoms with E-state index in [4.69, 9.17) is 0 Å². The molecule has 5 rings (SSSR count). The van der Waals surface area contributed by atoms with Crippen LogP contribution in [0.4, 0.5) is 10.1 Å². The molecule has 166 valence electrons. The number of fused-ring (bicyclic) bond motifs is 3. The lowest BCUT2D eigenvalue weighted by molar-refractivity contribution is -0.128. The van der Waals surface area contributed by atoms with Crippen LogP contribution in [0.5, 0.6) is 0 Å². The van der Waals surface area contributed by atoms with E-state index in [2.05, 4.69) is 15.3 Å². The van der Waals surface area contributed by atoms with Gasteiger partial charge in [0.15, 0.2) is 5.17 Å². The smallest absolute Gasteiger partial charge is 0.259 e. The van der Waals surface area contributed by atoms with Crippen LogP contribution < -0.4 is 5.32 Å². The van der Waals surface area contributed by atoms with Crippen molar-refractivity contribution in [2.24, 2.45) is 9.98 Å². The predicted molar refractivity (Wildman–Crippen MR) is 129 cm³/mol. The predicted octanol–water partition coefficient (Wildman–Crippen LogP) is 4.49. The summed E-state index contributed by atoms with van der Waals surface area (Å²) in [5.74, 6) is 0.129. The summed E-state index contributed by atoms with van der Waals surface area (Å²) in [6.45, 7) is 0.427. The second-order valence-corrected chi connectivity index (χ2v) is 9.51. The van der Waals surface area contributed by atoms with Crippen molar-refractivity contribution >= 4 is 51.6 Å². The molecule has 0 bridgehead atoms. The van der Waals surface area contributed by atoms with Crippen molar-refractivity contribution in [2.75, 3.05) is 0 Å². The number of thioether (sulfide) groups is 1. The average molecular weight is 479 g/mol. The van der Waals surface area contributed by atoms with Crippen molar-refractivity contribution in [2.45, 2.75) is 24.8 Å². The number of amides is 2. The van der Waals surface area contributed by atoms with Crippen LogP contribution in [-0.4, -0.2) is 33.8 Å². The number of para-hydroxylation sites is 1. The molecular weight excluding hydrogens is 459 g/mol. The first-order valence-corrected chi connectivity index (χ1v) is 12.2. The van der Waals surface area contributed by atoms with Crippen LogP contribution in [-0.2, 0) is 21.9 Å². The highest BCUT2D eigenvalue weighted by atomic mass is 32.2. The number of nitrogens with zero attached hydrogens (tertiary/aromatic N) is 3. The lowest BCUT2D eigenvalue weighted by Gasteiger charge is -2.25. The maximum absolute atomic E-state index is 13.6. The molecule has 1 atom stereocenters. The summed E-state index contributed by atoms with van der Waals surface area (Å²) in [6, 6.07) is 16.9. The number of carbonyl (C=O) groups excluding carboxylic acids is 2. The number of thiophene rings is 1. The molecule has 2 aliphatic heterocycles. The zero-order valence-electron chi connectivity index (χ0n) is 17.4. The molecular formula is C24H19FN4O2S2. The lowest BCUT2D eigenvalue weighted by Crippen LogP contribution is -2.42. The number of hydrogen-bond acceptors (Lipinski definition) is 6. The molecule has 0 spiro atoms. The summed E-state index contributed by atoms with van der Waals surface area (Å²) < 4.78 is 13.6. The topological polar surface area (TPSA) is 74.1 Å². The van der Waals surface area contributed by atoms with Crippen molar-refractivity contribution in [1.82, 2.24) is 10.2 Å². The van der Waals surface area contributed by atoms with Gasteiger partial charge < -0.3 is 5.32 Å². The fourth-order valence-corrected chi connectivity index (χ4v) is 5.24. The third-order valence-corrected chi connectivity index (χ3v) is 7.11. The van der Waals surface area contributed by atoms with Crippen molar-refractivity contribution in [3.8, 4) is 0 Å². The van der Waals surface area contributed by atoms with Crippen molar-refractivity contribution in [1.29, 1.82) is 0 Å². The highest BCUT2D eigenvalue weighted by Crippen LogP contribution is 2.34. The van der Waals surface area contributed by atoms with E-state index in [1.807, 2.05) is 47.8 Å². The Balaban J connectivity index is 1.35. The molecule has 0 aliphatic carbocycles. The summed E-state index contributed by atoms with van der Waals surface area (Å²) in [7, 11) is 0. The molecule has 0 radical (unpaired) electrons. The largest absolute Gasteiger partial charge is 0.351 e. The van der Waals surface area contributed by atoms with Crippen molar-refractivity contribution in [3.63, 3.8) is 0 Å². The van der Waals surface area contributed by atoms with Gasteiger partial charge in [-0.15, -0.1) is 11.3 Å². The number of rotatable bonds is 6. The molecule has 2 aliphatic rings. The summed E-state index contributed by atoms with van der Waals surface area (Å²) in [4.78, 5) is 37.6. The van der Waals surface area contributed by atoms with E-state index in [0.717, 1.165) is 16.0 Å². The van der Waals surface area contributed by atoms with E-state index in [1.54, 1.807) is 17.4 Å². The van der Waals surface area contributed by atoms with Crippen LogP contribution in [0, 0.1) is 5.82 Å². The molecule has 3 aromatic rings. The van der Waals surface area contributed by atoms with Crippen LogP contribution in [0.25, 0.3) is 0 Å². The van der Waals surface area contributed by atoms with Gasteiger partial charge in [0.05, 0.1) is 18.7 Å². The van der Waals surface area contributed by atoms with E-state index < -0.39 is 6.04 Å². The minimum Gasteiger partial charge on any atom is -0.351 e. The molecule has 2 aromatic carbocycles. The summed E-state index contributed by atoms with van der Waals surface area (Å²) >= 11 is 2.90. The number of benzene rings is 2. The molecule has 0 fully saturated rings. The average Bonchev–Trinajstić information content (AvgIpc) is 3.45. The van der Waals surface area contributed by atoms with Crippen LogP contribution in [0.3, 0.4) is 0 Å². The van der Waals surface area contributed by atoms with Crippen LogP contribution >= 0.6 is 23.1 Å². The highest BCUT2D eigenvalue weighted by Gasteiger charge is 2.42. The molecule has 3 heterocycles. The number of aliphatic imine (C=N–C) groups is 2. The minimum atomic E-state index is -0.811. The zero-order valence-corrected chi connectivity index (χ0v) is 19.0. The SMILES string of the molecule is O=C(C[C@H]1N=C2c3ccccc3N=C(SCc3cccc(F)c3)N2C1=O)NCc1cccs1. The van der Waals surface area contributed by atoms with Gasteiger partial charge in [0.1, 0.15) is 17.7 Å². The van der Waals surface area contributed by atoms with E-state index in [0.29, 0.717) is 29.0 Å². The molecule has 2 amide bonds. The first kappa shape index (κ1) is 21.5. The Bertz CT molecular complexity index is 1270. The van der Waals surface area contributed by atoms with Gasteiger partial charge in [-0.25, -0.2) is 14.3 Å². The molecule has 1 N–H and O–H groups in total. The van der Waals surface area contributed by atoms with Gasteiger partial charge in [0, 0.05) is 16.2 Å². The number of hydrogen-bond donors (Lipinski definition) is 1. The van der Waals surface area contributed by atoms with Gasteiger partial charge in [-0.05, 0) is 41.3 Å². The van der Waals surface area contributed by atoms with Gasteiger partial charge in [-0.2, -0.15) is 0 Å². The fraction of sp³-hybridized carbons (Fsp3) is 0.167. The van der Waals surface area contributed by atoms with Crippen LogP contribution in [0.15, 0.2) is 76.0 Å². The van der Waals surface area contributed by atoms with Crippen LogP contribution in [0.1, 0.15) is 22.4 Å². The second-order valence-electron chi connectivity index (χ2n) is 7.53. The number of halogens is 1. The summed E-state index contributed by atoms with van der Waals surface area (Å²) in [6.07, 6.45) is -0.0335. The van der Waals surface area contributed by atoms with Crippen LogP contribution in [0.2, 0.25) is 0 Å². The van der Waals surface area contributed by atoms with E-state index in [1.165, 1.54) is 28.8 Å². The Morgan fingerprint density at radius 2 is 2.03 bits per heavy atom. The van der Waals surface area contributed by atoms with E-state index >= 15 is 0 Å². The quantitative estimate of drug-likeness (QED) is 0.568. The number of carbonyl (C=O) groups is 2. The highest BCUT2D eigenvalue weighted by molar-refractivity contribution is 8.13. The first-order valence-electron chi connectivity index (χ1n) is 10.3. The molecule has 33 heavy (non-hydrogen) atoms. The molecule has 1 aromatic heterocycles. The molecule has 0 saturated carbocycles. The second kappa shape index (κ2) is 9.29. The molecule has 0 unspecified atom stereocenters. The Morgan fingerprint density at radius 1 is 1.15 bits per heavy atom. The Labute approximate surface area is 198 Å². The van der Waals surface area contributed by atoms with Gasteiger partial charge in [0.25, 0.3) is 5.91 Å². The standard InChI is InChI=1S/C24H19FN4O2S2/c25-16-6-3-5-15(11-16)14-33-24-28-19-9-2-1-8-18(19)22-27-20(23(31)29(22)24)12-21(30)26-13-17-7-4-10-32-17/h1-11,20H,12-14H2,(H,26,30)/t20-/m1/s1. The monoisotopic (exact) mass is 478 g/mol. The Morgan fingerprint density at radius 3 is 2.85 bits per heavy atom. The maximum Gasteiger partial charge on any atom is 0.259 e. The number of nitrogens with one attached hydrogen (secondary N) is 1. The van der Waals surface area contributed by atoms with E-state index in [-0.39, 0.29) is 24.1 Å². The summed E-state index contributed by atoms with van der Waals surface area (Å²) in [5, 5.41) is 5.28.